The second-order valence-corrected chi connectivity index (χ2v) is 5.97. The average molecular weight is 319 g/mol. The van der Waals surface area contributed by atoms with Gasteiger partial charge in [-0.05, 0) is 25.5 Å². The second-order valence-electron chi connectivity index (χ2n) is 5.97. The van der Waals surface area contributed by atoms with Crippen molar-refractivity contribution in [3.8, 4) is 0 Å². The van der Waals surface area contributed by atoms with E-state index in [1.807, 2.05) is 32.0 Å². The number of H-pyrrole nitrogens is 1. The maximum absolute atomic E-state index is 12.9. The van der Waals surface area contributed by atoms with Gasteiger partial charge in [-0.25, -0.2) is 0 Å². The first-order valence-corrected chi connectivity index (χ1v) is 8.01. The molecule has 23 heavy (non-hydrogen) atoms. The van der Waals surface area contributed by atoms with E-state index in [4.69, 9.17) is 9.47 Å². The Morgan fingerprint density at radius 1 is 1.09 bits per heavy atom. The molecule has 2 rings (SSSR count). The lowest BCUT2D eigenvalue weighted by Crippen LogP contribution is -3.12. The highest BCUT2D eigenvalue weighted by molar-refractivity contribution is 5.82. The molecule has 0 unspecified atom stereocenters. The quantitative estimate of drug-likeness (QED) is 0.757. The number of rotatable bonds is 8. The number of fused-ring (bicyclic) bond motifs is 1. The van der Waals surface area contributed by atoms with Gasteiger partial charge in [-0.15, -0.1) is 0 Å². The number of benzene rings is 1. The van der Waals surface area contributed by atoms with E-state index in [0.29, 0.717) is 19.8 Å². The lowest BCUT2D eigenvalue weighted by atomic mass is 10.1. The van der Waals surface area contributed by atoms with Crippen molar-refractivity contribution < 1.29 is 14.4 Å². The first-order chi connectivity index (χ1) is 11.1. The minimum atomic E-state index is 0.132. The molecule has 0 aliphatic heterocycles. The van der Waals surface area contributed by atoms with E-state index in [0.717, 1.165) is 40.8 Å². The zero-order valence-electron chi connectivity index (χ0n) is 14.5. The number of methoxy groups -OCH3 is 2. The molecule has 5 heteroatoms. The Bertz CT molecular complexity index is 701. The van der Waals surface area contributed by atoms with Gasteiger partial charge in [-0.1, -0.05) is 12.1 Å². The van der Waals surface area contributed by atoms with E-state index in [2.05, 4.69) is 4.98 Å². The molecule has 2 aromatic rings. The molecule has 0 bridgehead atoms. The fraction of sp³-hybridized carbons (Fsp3) is 0.500. The summed E-state index contributed by atoms with van der Waals surface area (Å²) < 4.78 is 10.4. The third-order valence-corrected chi connectivity index (χ3v) is 4.30. The van der Waals surface area contributed by atoms with Crippen molar-refractivity contribution in [2.75, 3.05) is 40.5 Å². The molecule has 1 aromatic heterocycles. The van der Waals surface area contributed by atoms with Gasteiger partial charge in [0, 0.05) is 25.3 Å². The highest BCUT2D eigenvalue weighted by atomic mass is 16.5. The lowest BCUT2D eigenvalue weighted by Gasteiger charge is -2.20. The van der Waals surface area contributed by atoms with E-state index in [1.54, 1.807) is 14.2 Å². The molecule has 0 saturated carbocycles. The topological polar surface area (TPSA) is 55.8 Å². The Balaban J connectivity index is 2.35. The normalized spacial score (nSPS) is 11.5. The van der Waals surface area contributed by atoms with Gasteiger partial charge in [0.15, 0.2) is 5.43 Å². The minimum Gasteiger partial charge on any atom is -0.379 e. The van der Waals surface area contributed by atoms with Gasteiger partial charge < -0.3 is 19.4 Å². The summed E-state index contributed by atoms with van der Waals surface area (Å²) in [6.07, 6.45) is 0. The van der Waals surface area contributed by atoms with Gasteiger partial charge in [0.05, 0.1) is 24.3 Å². The number of aromatic amines is 1. The molecule has 0 spiro atoms. The third kappa shape index (κ3) is 4.19. The Morgan fingerprint density at radius 2 is 1.74 bits per heavy atom. The Morgan fingerprint density at radius 3 is 2.35 bits per heavy atom. The summed E-state index contributed by atoms with van der Waals surface area (Å²) in [5.41, 5.74) is 3.97. The Labute approximate surface area is 137 Å². The summed E-state index contributed by atoms with van der Waals surface area (Å²) in [7, 11) is 3.40. The van der Waals surface area contributed by atoms with Crippen LogP contribution in [0.3, 0.4) is 0 Å². The first kappa shape index (κ1) is 17.7. The van der Waals surface area contributed by atoms with Crippen molar-refractivity contribution in [2.24, 2.45) is 0 Å². The average Bonchev–Trinajstić information content (AvgIpc) is 2.54. The van der Waals surface area contributed by atoms with Crippen LogP contribution in [-0.2, 0) is 16.0 Å². The molecule has 2 N–H and O–H groups in total. The molecule has 0 aliphatic carbocycles. The first-order valence-electron chi connectivity index (χ1n) is 8.01. The van der Waals surface area contributed by atoms with E-state index < -0.39 is 0 Å². The summed E-state index contributed by atoms with van der Waals surface area (Å²) in [4.78, 5) is 17.6. The van der Waals surface area contributed by atoms with Crippen molar-refractivity contribution in [3.63, 3.8) is 0 Å². The van der Waals surface area contributed by atoms with Crippen LogP contribution < -0.4 is 10.3 Å². The van der Waals surface area contributed by atoms with Gasteiger partial charge in [0.25, 0.3) is 0 Å². The largest absolute Gasteiger partial charge is 0.379 e. The molecule has 5 nitrogen and oxygen atoms in total. The molecule has 1 heterocycles. The van der Waals surface area contributed by atoms with Gasteiger partial charge in [0.2, 0.25) is 0 Å². The number of aryl methyl sites for hydroxylation is 2. The molecule has 0 fully saturated rings. The van der Waals surface area contributed by atoms with Gasteiger partial charge in [-0.2, -0.15) is 0 Å². The van der Waals surface area contributed by atoms with Crippen molar-refractivity contribution in [1.29, 1.82) is 0 Å². The van der Waals surface area contributed by atoms with Crippen LogP contribution in [0, 0.1) is 13.8 Å². The number of hydrogen-bond acceptors (Lipinski definition) is 3. The molecule has 0 atom stereocenters. The van der Waals surface area contributed by atoms with Crippen molar-refractivity contribution in [1.82, 2.24) is 4.98 Å². The predicted octanol–water partition coefficient (Wildman–Crippen LogP) is 0.823. The van der Waals surface area contributed by atoms with Crippen LogP contribution in [0.4, 0.5) is 0 Å². The SMILES string of the molecule is COCC[NH+](CCOC)Cc1c(C)[nH]c2c(C)cccc2c1=O. The Hall–Kier alpha value is -1.69. The molecule has 0 aliphatic rings. The number of pyridine rings is 1. The number of para-hydroxylation sites is 1. The van der Waals surface area contributed by atoms with Crippen molar-refractivity contribution >= 4 is 10.9 Å². The van der Waals surface area contributed by atoms with Crippen LogP contribution in [0.25, 0.3) is 10.9 Å². The van der Waals surface area contributed by atoms with Crippen LogP contribution in [-0.4, -0.2) is 45.5 Å². The van der Waals surface area contributed by atoms with Crippen molar-refractivity contribution in [3.05, 3.63) is 45.2 Å². The maximum atomic E-state index is 12.9. The highest BCUT2D eigenvalue weighted by Gasteiger charge is 2.16. The van der Waals surface area contributed by atoms with Crippen LogP contribution >= 0.6 is 0 Å². The van der Waals surface area contributed by atoms with Crippen LogP contribution in [0.5, 0.6) is 0 Å². The number of hydrogen-bond donors (Lipinski definition) is 2. The standard InChI is InChI=1S/C18H26N2O3/c1-13-6-5-7-15-17(13)19-14(2)16(18(15)21)12-20(8-10-22-3)9-11-23-4/h5-7H,8-12H2,1-4H3,(H,19,21)/p+1. The van der Waals surface area contributed by atoms with E-state index >= 15 is 0 Å². The fourth-order valence-electron chi connectivity index (χ4n) is 2.88. The van der Waals surface area contributed by atoms with Gasteiger partial charge >= 0.3 is 0 Å². The third-order valence-electron chi connectivity index (χ3n) is 4.30. The smallest absolute Gasteiger partial charge is 0.198 e. The van der Waals surface area contributed by atoms with Crippen molar-refractivity contribution in [2.45, 2.75) is 20.4 Å². The summed E-state index contributed by atoms with van der Waals surface area (Å²) in [5.74, 6) is 0. The summed E-state index contributed by atoms with van der Waals surface area (Å²) in [6.45, 7) is 7.72. The fourth-order valence-corrected chi connectivity index (χ4v) is 2.88. The van der Waals surface area contributed by atoms with Gasteiger partial charge in [0.1, 0.15) is 19.6 Å². The van der Waals surface area contributed by atoms with E-state index in [1.165, 1.54) is 4.90 Å². The molecular weight excluding hydrogens is 292 g/mol. The maximum Gasteiger partial charge on any atom is 0.198 e. The Kier molecular flexibility index (Phi) is 6.33. The predicted molar refractivity (Wildman–Crippen MR) is 92.2 cm³/mol. The molecule has 0 amide bonds. The molecular formula is C18H27N2O3+. The van der Waals surface area contributed by atoms with Crippen LogP contribution in [0.2, 0.25) is 0 Å². The lowest BCUT2D eigenvalue weighted by molar-refractivity contribution is -0.914. The number of ether oxygens (including phenoxy) is 2. The minimum absolute atomic E-state index is 0.132. The van der Waals surface area contributed by atoms with E-state index in [-0.39, 0.29) is 5.43 Å². The second kappa shape index (κ2) is 8.24. The van der Waals surface area contributed by atoms with Crippen LogP contribution in [0.1, 0.15) is 16.8 Å². The van der Waals surface area contributed by atoms with E-state index in [9.17, 15) is 4.79 Å². The molecule has 1 aromatic carbocycles. The summed E-state index contributed by atoms with van der Waals surface area (Å²) in [6, 6.07) is 5.85. The highest BCUT2D eigenvalue weighted by Crippen LogP contribution is 2.14. The van der Waals surface area contributed by atoms with Gasteiger partial charge in [-0.3, -0.25) is 4.79 Å². The summed E-state index contributed by atoms with van der Waals surface area (Å²) >= 11 is 0. The summed E-state index contributed by atoms with van der Waals surface area (Å²) in [5, 5.41) is 0.767. The zero-order valence-corrected chi connectivity index (χ0v) is 14.5. The molecule has 0 saturated heterocycles. The molecule has 126 valence electrons. The number of nitrogens with one attached hydrogen (secondary N) is 2. The number of quaternary nitrogens is 1. The van der Waals surface area contributed by atoms with Crippen LogP contribution in [0.15, 0.2) is 23.0 Å². The number of aromatic nitrogens is 1. The molecule has 0 radical (unpaired) electrons. The monoisotopic (exact) mass is 319 g/mol. The zero-order chi connectivity index (χ0) is 16.8.